The number of urea groups is 1. The summed E-state index contributed by atoms with van der Waals surface area (Å²) in [5, 5.41) is 0. The Bertz CT molecular complexity index is 1340. The number of imide groups is 1. The van der Waals surface area contributed by atoms with Crippen molar-refractivity contribution in [2.24, 2.45) is 4.99 Å². The zero-order valence-electron chi connectivity index (χ0n) is 20.3. The minimum absolute atomic E-state index is 0.0420. The minimum Gasteiger partial charge on any atom is -0.316 e. The van der Waals surface area contributed by atoms with Gasteiger partial charge < -0.3 is 4.90 Å². The maximum atomic E-state index is 14.8. The monoisotopic (exact) mass is 648 g/mol. The van der Waals surface area contributed by atoms with Crippen LogP contribution in [0.15, 0.2) is 77.8 Å². The second kappa shape index (κ2) is 10.9. The van der Waals surface area contributed by atoms with Crippen molar-refractivity contribution in [3.05, 3.63) is 89.7 Å². The summed E-state index contributed by atoms with van der Waals surface area (Å²) in [5.74, 6) is -1.49. The van der Waals surface area contributed by atoms with Crippen molar-refractivity contribution in [2.75, 3.05) is 22.7 Å². The lowest BCUT2D eigenvalue weighted by Gasteiger charge is -2.39. The molecule has 6 nitrogen and oxygen atoms in total. The van der Waals surface area contributed by atoms with Crippen molar-refractivity contribution in [1.29, 1.82) is 0 Å². The van der Waals surface area contributed by atoms with E-state index in [2.05, 4.69) is 31.9 Å². The second-order valence-electron chi connectivity index (χ2n) is 8.60. The van der Waals surface area contributed by atoms with Gasteiger partial charge in [0.1, 0.15) is 9.05 Å². The fourth-order valence-corrected chi connectivity index (χ4v) is 4.88. The van der Waals surface area contributed by atoms with Crippen molar-refractivity contribution in [1.82, 2.24) is 4.90 Å². The zero-order chi connectivity index (χ0) is 26.9. The van der Waals surface area contributed by atoms with E-state index >= 15 is 0 Å². The summed E-state index contributed by atoms with van der Waals surface area (Å²) in [7, 11) is 1.34. The molecule has 192 valence electrons. The number of carbonyl (C=O) groups is 2. The van der Waals surface area contributed by atoms with E-state index in [-0.39, 0.29) is 17.4 Å². The van der Waals surface area contributed by atoms with Crippen LogP contribution in [-0.2, 0) is 4.79 Å². The molecule has 37 heavy (non-hydrogen) atoms. The zero-order valence-corrected chi connectivity index (χ0v) is 24.3. The Morgan fingerprint density at radius 3 is 1.97 bits per heavy atom. The fourth-order valence-electron chi connectivity index (χ4n) is 4.12. The highest BCUT2D eigenvalue weighted by Gasteiger charge is 2.46. The molecule has 0 bridgehead atoms. The van der Waals surface area contributed by atoms with Gasteiger partial charge in [0.05, 0.1) is 11.6 Å². The lowest BCUT2D eigenvalue weighted by molar-refractivity contribution is -0.119. The Morgan fingerprint density at radius 1 is 0.946 bits per heavy atom. The highest BCUT2D eigenvalue weighted by molar-refractivity contribution is 9.25. The number of likely N-dealkylation sites (N-methyl/N-ethyl adjacent to an activating group) is 1. The van der Waals surface area contributed by atoms with Gasteiger partial charge in [0.15, 0.2) is 6.17 Å². The van der Waals surface area contributed by atoms with Crippen LogP contribution in [0.25, 0.3) is 0 Å². The highest BCUT2D eigenvalue weighted by atomic mass is 79.9. The second-order valence-corrected chi connectivity index (χ2v) is 12.8. The lowest BCUT2D eigenvalue weighted by atomic mass is 10.1. The van der Waals surface area contributed by atoms with Crippen LogP contribution in [0.1, 0.15) is 11.1 Å². The first kappa shape index (κ1) is 27.3. The third-order valence-corrected chi connectivity index (χ3v) is 8.52. The summed E-state index contributed by atoms with van der Waals surface area (Å²) in [6, 6.07) is 20.6. The largest absolute Gasteiger partial charge is 0.337 e. The molecule has 0 N–H and O–H groups in total. The predicted molar refractivity (Wildman–Crippen MR) is 154 cm³/mol. The molecule has 1 saturated heterocycles. The number of rotatable bonds is 7. The molecule has 1 aliphatic rings. The topological polar surface area (TPSA) is 56.2 Å². The first-order valence-corrected chi connectivity index (χ1v) is 13.5. The molecule has 3 aromatic rings. The number of aryl methyl sites for hydroxylation is 2. The first-order chi connectivity index (χ1) is 17.6. The molecule has 3 aromatic carbocycles. The summed E-state index contributed by atoms with van der Waals surface area (Å²) in [5.41, 5.74) is 3.49. The van der Waals surface area contributed by atoms with E-state index in [0.717, 1.165) is 32.3 Å². The summed E-state index contributed by atoms with van der Waals surface area (Å²) >= 11 is 13.8. The lowest BCUT2D eigenvalue weighted by Crippen LogP contribution is -2.46. The Hall–Kier alpha value is -2.75. The molecule has 0 spiro atoms. The van der Waals surface area contributed by atoms with Crippen molar-refractivity contribution in [2.45, 2.75) is 23.2 Å². The van der Waals surface area contributed by atoms with Gasteiger partial charge in [-0.05, 0) is 49.2 Å². The van der Waals surface area contributed by atoms with Gasteiger partial charge in [0.2, 0.25) is 5.84 Å². The van der Waals surface area contributed by atoms with Gasteiger partial charge in [0.25, 0.3) is 5.91 Å². The minimum atomic E-state index is -1.05. The van der Waals surface area contributed by atoms with Gasteiger partial charge >= 0.3 is 6.03 Å². The molecule has 10 heteroatoms. The number of hydrogen-bond donors (Lipinski definition) is 0. The van der Waals surface area contributed by atoms with E-state index in [4.69, 9.17) is 16.6 Å². The Balaban J connectivity index is 2.01. The van der Waals surface area contributed by atoms with E-state index in [1.807, 2.05) is 67.3 Å². The Labute approximate surface area is 237 Å². The Kier molecular flexibility index (Phi) is 8.06. The molecule has 1 atom stereocenters. The van der Waals surface area contributed by atoms with Crippen LogP contribution in [-0.4, -0.2) is 45.0 Å². The molecular weight excluding hydrogens is 627 g/mol. The number of carbonyl (C=O) groups excluding carboxylic acids is 2. The molecule has 0 radical (unpaired) electrons. The molecule has 0 aromatic heterocycles. The molecular formula is C27H24Br2ClFN4O2. The van der Waals surface area contributed by atoms with Crippen LogP contribution in [0, 0.1) is 19.7 Å². The molecule has 3 amide bonds. The molecule has 1 unspecified atom stereocenters. The Morgan fingerprint density at radius 2 is 1.46 bits per heavy atom. The van der Waals surface area contributed by atoms with E-state index in [1.54, 1.807) is 6.07 Å². The first-order valence-electron chi connectivity index (χ1n) is 11.4. The number of aliphatic imine (C=N–C) groups is 1. The van der Waals surface area contributed by atoms with Crippen molar-refractivity contribution < 1.29 is 14.0 Å². The van der Waals surface area contributed by atoms with E-state index in [9.17, 15) is 14.0 Å². The van der Waals surface area contributed by atoms with Gasteiger partial charge in [-0.15, -0.1) is 11.6 Å². The molecule has 0 saturated carbocycles. The number of para-hydroxylation sites is 3. The predicted octanol–water partition coefficient (Wildman–Crippen LogP) is 7.13. The third kappa shape index (κ3) is 5.17. The van der Waals surface area contributed by atoms with Gasteiger partial charge in [0, 0.05) is 18.4 Å². The normalized spacial score (nSPS) is 16.0. The number of nitrogens with zero attached hydrogens (tertiary/aromatic N) is 4. The smallest absolute Gasteiger partial charge is 0.316 e. The third-order valence-electron chi connectivity index (χ3n) is 6.07. The highest BCUT2D eigenvalue weighted by Crippen LogP contribution is 2.43. The number of benzene rings is 3. The van der Waals surface area contributed by atoms with Crippen LogP contribution in [0.3, 0.4) is 0 Å². The van der Waals surface area contributed by atoms with Crippen LogP contribution >= 0.6 is 43.5 Å². The number of alkyl halides is 3. The van der Waals surface area contributed by atoms with E-state index < -0.39 is 27.2 Å². The maximum absolute atomic E-state index is 14.8. The number of amidine groups is 1. The summed E-state index contributed by atoms with van der Waals surface area (Å²) in [6.07, 6.45) is -0.889. The molecule has 4 rings (SSSR count). The van der Waals surface area contributed by atoms with Crippen molar-refractivity contribution in [3.63, 3.8) is 0 Å². The van der Waals surface area contributed by atoms with Crippen molar-refractivity contribution in [3.8, 4) is 0 Å². The van der Waals surface area contributed by atoms with Gasteiger partial charge in [-0.2, -0.15) is 0 Å². The number of halogens is 4. The molecule has 0 aliphatic carbocycles. The molecule has 1 aliphatic heterocycles. The van der Waals surface area contributed by atoms with Crippen LogP contribution in [0.4, 0.5) is 26.2 Å². The quantitative estimate of drug-likeness (QED) is 0.202. The molecule has 1 heterocycles. The van der Waals surface area contributed by atoms with Crippen LogP contribution in [0.5, 0.6) is 0 Å². The number of anilines is 3. The van der Waals surface area contributed by atoms with E-state index in [1.165, 1.54) is 25.2 Å². The van der Waals surface area contributed by atoms with Crippen LogP contribution in [0.2, 0.25) is 0 Å². The summed E-state index contributed by atoms with van der Waals surface area (Å²) in [4.78, 5) is 35.2. The van der Waals surface area contributed by atoms with Crippen molar-refractivity contribution >= 4 is 78.3 Å². The number of hydrogen-bond acceptors (Lipinski definition) is 4. The van der Waals surface area contributed by atoms with Crippen LogP contribution < -0.4 is 9.80 Å². The van der Waals surface area contributed by atoms with Gasteiger partial charge in [-0.3, -0.25) is 9.69 Å². The van der Waals surface area contributed by atoms with Gasteiger partial charge in [-0.25, -0.2) is 19.1 Å². The average molecular weight is 651 g/mol. The fraction of sp³-hybridized carbons (Fsp3) is 0.222. The van der Waals surface area contributed by atoms with E-state index in [0.29, 0.717) is 0 Å². The number of amides is 3. The molecule has 1 fully saturated rings. The average Bonchev–Trinajstić information content (AvgIpc) is 3.09. The van der Waals surface area contributed by atoms with Gasteiger partial charge in [-0.1, -0.05) is 80.4 Å². The SMILES string of the molecule is Cc1ccccc1N(c1ccccc1C)C(/N=C1\C(=O)N(C)C(=O)N1c1ccccc1F)C(Br)(Br)CCl. The summed E-state index contributed by atoms with van der Waals surface area (Å²) in [6.45, 7) is 3.94. The standard InChI is InChI=1S/C27H24Br2ClFN4O2/c1-17-10-4-7-13-20(17)34(21-14-8-5-11-18(21)2)25(27(28,29)16-30)32-23-24(36)33(3)26(37)35(23)22-15-9-6-12-19(22)31/h4-15,25H,16H2,1-3H3/b32-23+. The maximum Gasteiger partial charge on any atom is 0.337 e. The summed E-state index contributed by atoms with van der Waals surface area (Å²) < 4.78 is 13.8.